The molecule has 0 aromatic heterocycles. The van der Waals surface area contributed by atoms with Gasteiger partial charge in [0.15, 0.2) is 5.78 Å². The summed E-state index contributed by atoms with van der Waals surface area (Å²) in [5.74, 6) is -0.436. The fourth-order valence-corrected chi connectivity index (χ4v) is 3.25. The lowest BCUT2D eigenvalue weighted by atomic mass is 9.90. The normalized spacial score (nSPS) is 10.5. The van der Waals surface area contributed by atoms with Crippen molar-refractivity contribution in [3.8, 4) is 17.2 Å². The van der Waals surface area contributed by atoms with Gasteiger partial charge in [0.2, 0.25) is 0 Å². The minimum Gasteiger partial charge on any atom is -0.489 e. The molecule has 0 saturated heterocycles. The Labute approximate surface area is 191 Å². The first-order valence-electron chi connectivity index (χ1n) is 10.2. The maximum atomic E-state index is 13.5. The smallest absolute Gasteiger partial charge is 0.387 e. The van der Waals surface area contributed by atoms with Crippen molar-refractivity contribution in [1.29, 1.82) is 0 Å². The van der Waals surface area contributed by atoms with E-state index in [-0.39, 0.29) is 42.3 Å². The van der Waals surface area contributed by atoms with E-state index in [4.69, 9.17) is 14.2 Å². The van der Waals surface area contributed by atoms with Crippen molar-refractivity contribution < 1.29 is 37.3 Å². The topological polar surface area (TPSA) is 71.1 Å². The maximum absolute atomic E-state index is 13.5. The van der Waals surface area contributed by atoms with E-state index in [1.165, 1.54) is 37.5 Å². The first-order chi connectivity index (χ1) is 15.9. The molecule has 8 heteroatoms. The second-order valence-corrected chi connectivity index (χ2v) is 6.74. The summed E-state index contributed by atoms with van der Waals surface area (Å²) in [6.45, 7) is 6.47. The lowest BCUT2D eigenvalue weighted by Crippen LogP contribution is -2.17. The highest BCUT2D eigenvalue weighted by molar-refractivity contribution is 6.12. The largest absolute Gasteiger partial charge is 0.489 e. The zero-order valence-corrected chi connectivity index (χ0v) is 18.6. The van der Waals surface area contributed by atoms with E-state index >= 15 is 0 Å². The average Bonchev–Trinajstić information content (AvgIpc) is 2.80. The molecule has 2 aromatic carbocycles. The molecule has 0 radical (unpaired) electrons. The van der Waals surface area contributed by atoms with Gasteiger partial charge in [-0.15, -0.1) is 0 Å². The maximum Gasteiger partial charge on any atom is 0.387 e. The van der Waals surface area contributed by atoms with Crippen LogP contribution in [0, 0.1) is 0 Å². The number of carbonyl (C=O) groups is 2. The molecule has 0 amide bonds. The van der Waals surface area contributed by atoms with Gasteiger partial charge in [0.25, 0.3) is 0 Å². The molecular formula is C25H26F2O6. The third-order valence-electron chi connectivity index (χ3n) is 4.66. The number of benzene rings is 2. The van der Waals surface area contributed by atoms with E-state index in [0.717, 1.165) is 0 Å². The summed E-state index contributed by atoms with van der Waals surface area (Å²) < 4.78 is 45.6. The van der Waals surface area contributed by atoms with E-state index in [1.807, 2.05) is 6.92 Å². The van der Waals surface area contributed by atoms with Crippen LogP contribution in [0.5, 0.6) is 17.2 Å². The molecule has 0 atom stereocenters. The minimum atomic E-state index is -2.98. The number of halogens is 2. The number of methoxy groups -OCH3 is 1. The fraction of sp³-hybridized carbons (Fsp3) is 0.280. The summed E-state index contributed by atoms with van der Waals surface area (Å²) in [7, 11) is 1.25. The summed E-state index contributed by atoms with van der Waals surface area (Å²) in [5, 5.41) is 0. The molecule has 0 fully saturated rings. The molecule has 2 aromatic rings. The van der Waals surface area contributed by atoms with E-state index in [9.17, 15) is 18.4 Å². The third-order valence-corrected chi connectivity index (χ3v) is 4.66. The number of ketones is 1. The van der Waals surface area contributed by atoms with Gasteiger partial charge in [-0.2, -0.15) is 8.78 Å². The summed E-state index contributed by atoms with van der Waals surface area (Å²) in [4.78, 5) is 25.8. The third kappa shape index (κ3) is 6.65. The Morgan fingerprint density at radius 2 is 1.61 bits per heavy atom. The highest BCUT2D eigenvalue weighted by atomic mass is 19.3. The van der Waals surface area contributed by atoms with Crippen LogP contribution in [0.2, 0.25) is 0 Å². The molecule has 0 aliphatic rings. The fourth-order valence-electron chi connectivity index (χ4n) is 3.25. The van der Waals surface area contributed by atoms with Crippen molar-refractivity contribution in [3.63, 3.8) is 0 Å². The Morgan fingerprint density at radius 3 is 2.12 bits per heavy atom. The van der Waals surface area contributed by atoms with Gasteiger partial charge in [0.05, 0.1) is 19.1 Å². The summed E-state index contributed by atoms with van der Waals surface area (Å²) in [6, 6.07) is 6.87. The van der Waals surface area contributed by atoms with Crippen LogP contribution < -0.4 is 14.2 Å². The highest BCUT2D eigenvalue weighted by Crippen LogP contribution is 2.37. The minimum absolute atomic E-state index is 0.0816. The lowest BCUT2D eigenvalue weighted by molar-refractivity contribution is -0.139. The number of carbonyl (C=O) groups excluding carboxylic acids is 2. The monoisotopic (exact) mass is 460 g/mol. The van der Waals surface area contributed by atoms with Crippen molar-refractivity contribution in [3.05, 3.63) is 77.9 Å². The van der Waals surface area contributed by atoms with Gasteiger partial charge in [-0.1, -0.05) is 32.2 Å². The van der Waals surface area contributed by atoms with Crippen molar-refractivity contribution in [1.82, 2.24) is 0 Å². The van der Waals surface area contributed by atoms with E-state index < -0.39 is 18.4 Å². The van der Waals surface area contributed by atoms with Crippen LogP contribution in [-0.4, -0.2) is 38.7 Å². The van der Waals surface area contributed by atoms with Gasteiger partial charge in [0, 0.05) is 11.6 Å². The Kier molecular flexibility index (Phi) is 9.60. The van der Waals surface area contributed by atoms with Crippen molar-refractivity contribution in [2.75, 3.05) is 20.3 Å². The molecule has 176 valence electrons. The molecule has 0 heterocycles. The molecule has 0 unspecified atom stereocenters. The van der Waals surface area contributed by atoms with Gasteiger partial charge in [-0.3, -0.25) is 9.59 Å². The number of ether oxygens (including phenoxy) is 4. The van der Waals surface area contributed by atoms with E-state index in [0.29, 0.717) is 23.3 Å². The number of esters is 1. The molecule has 0 aliphatic carbocycles. The van der Waals surface area contributed by atoms with Crippen molar-refractivity contribution in [2.45, 2.75) is 26.4 Å². The molecule has 0 saturated carbocycles. The first kappa shape index (κ1) is 25.6. The van der Waals surface area contributed by atoms with Crippen LogP contribution in [0.4, 0.5) is 8.78 Å². The second-order valence-electron chi connectivity index (χ2n) is 6.74. The quantitative estimate of drug-likeness (QED) is 0.240. The molecule has 2 rings (SSSR count). The predicted molar refractivity (Wildman–Crippen MR) is 119 cm³/mol. The Bertz CT molecular complexity index is 999. The summed E-state index contributed by atoms with van der Waals surface area (Å²) in [5.41, 5.74) is 1.41. The van der Waals surface area contributed by atoms with Crippen molar-refractivity contribution in [2.24, 2.45) is 0 Å². The van der Waals surface area contributed by atoms with E-state index in [1.54, 1.807) is 12.1 Å². The van der Waals surface area contributed by atoms with Crippen LogP contribution in [0.3, 0.4) is 0 Å². The predicted octanol–water partition coefficient (Wildman–Crippen LogP) is 4.93. The number of alkyl halides is 2. The van der Waals surface area contributed by atoms with Gasteiger partial charge >= 0.3 is 12.6 Å². The van der Waals surface area contributed by atoms with Crippen LogP contribution in [0.1, 0.15) is 34.0 Å². The second kappa shape index (κ2) is 12.4. The SMILES string of the molecule is C=CCOc1cc(OCC=C)c(C(=O)c2ccc(OC(F)F)cc2)c(CC(=O)OC)c1CC. The molecule has 0 bridgehead atoms. The summed E-state index contributed by atoms with van der Waals surface area (Å²) in [6.07, 6.45) is 3.36. The molecule has 0 spiro atoms. The molecule has 33 heavy (non-hydrogen) atoms. The Hall–Kier alpha value is -3.68. The van der Waals surface area contributed by atoms with Gasteiger partial charge in [0.1, 0.15) is 30.5 Å². The van der Waals surface area contributed by atoms with Gasteiger partial charge in [-0.25, -0.2) is 0 Å². The zero-order chi connectivity index (χ0) is 24.4. The van der Waals surface area contributed by atoms with Crippen LogP contribution in [0.25, 0.3) is 0 Å². The number of hydrogen-bond donors (Lipinski definition) is 0. The highest BCUT2D eigenvalue weighted by Gasteiger charge is 2.27. The average molecular weight is 460 g/mol. The Balaban J connectivity index is 2.69. The Morgan fingerprint density at radius 1 is 1.00 bits per heavy atom. The molecular weight excluding hydrogens is 434 g/mol. The van der Waals surface area contributed by atoms with Crippen LogP contribution >= 0.6 is 0 Å². The lowest BCUT2D eigenvalue weighted by Gasteiger charge is -2.21. The molecule has 0 aliphatic heterocycles. The van der Waals surface area contributed by atoms with Gasteiger partial charge in [-0.05, 0) is 41.8 Å². The number of hydrogen-bond acceptors (Lipinski definition) is 6. The van der Waals surface area contributed by atoms with Crippen LogP contribution in [0.15, 0.2) is 55.6 Å². The summed E-state index contributed by atoms with van der Waals surface area (Å²) >= 11 is 0. The standard InChI is InChI=1S/C25H26F2O6/c1-5-12-31-20-15-21(32-13-6-2)23(19(18(20)7-3)14-22(28)30-4)24(29)16-8-10-17(11-9-16)33-25(26)27/h5-6,8-11,15,25H,1-2,7,12-14H2,3-4H3. The van der Waals surface area contributed by atoms with Gasteiger partial charge < -0.3 is 18.9 Å². The van der Waals surface area contributed by atoms with Crippen LogP contribution in [-0.2, 0) is 22.4 Å². The molecule has 6 nitrogen and oxygen atoms in total. The van der Waals surface area contributed by atoms with Crippen molar-refractivity contribution >= 4 is 11.8 Å². The van der Waals surface area contributed by atoms with E-state index in [2.05, 4.69) is 17.9 Å². The first-order valence-corrected chi connectivity index (χ1v) is 10.2. The zero-order valence-electron chi connectivity index (χ0n) is 18.6. The molecule has 0 N–H and O–H groups in total. The number of rotatable bonds is 13.